The van der Waals surface area contributed by atoms with E-state index in [1.165, 1.54) is 21.9 Å². The number of halogens is 2. The molecule has 1 fully saturated rings. The summed E-state index contributed by atoms with van der Waals surface area (Å²) in [5.74, 6) is -1.12. The molecular weight excluding hydrogens is 327 g/mol. The molecule has 4 nitrogen and oxygen atoms in total. The molecule has 1 saturated heterocycles. The van der Waals surface area contributed by atoms with Crippen molar-refractivity contribution in [3.8, 4) is 0 Å². The largest absolute Gasteiger partial charge is 0.347 e. The van der Waals surface area contributed by atoms with Crippen LogP contribution in [0.2, 0.25) is 0 Å². The van der Waals surface area contributed by atoms with E-state index in [0.29, 0.717) is 17.4 Å². The highest BCUT2D eigenvalue weighted by molar-refractivity contribution is 9.10. The SMILES string of the molecule is CN(C)C(=O)C1CCCN1C(=O)c1cc(Br)ccc1F. The number of likely N-dealkylation sites (N-methyl/N-ethyl adjacent to an activating group) is 1. The molecule has 2 rings (SSSR count). The van der Waals surface area contributed by atoms with E-state index in [2.05, 4.69) is 15.9 Å². The summed E-state index contributed by atoms with van der Waals surface area (Å²) in [6.07, 6.45) is 1.38. The standard InChI is InChI=1S/C14H16BrFN2O2/c1-17(2)14(20)12-4-3-7-18(12)13(19)10-8-9(15)5-6-11(10)16/h5-6,8,12H,3-4,7H2,1-2H3. The highest BCUT2D eigenvalue weighted by atomic mass is 79.9. The van der Waals surface area contributed by atoms with E-state index in [4.69, 9.17) is 0 Å². The summed E-state index contributed by atoms with van der Waals surface area (Å²) < 4.78 is 14.4. The Hall–Kier alpha value is -1.43. The lowest BCUT2D eigenvalue weighted by molar-refractivity contribution is -0.132. The number of nitrogens with zero attached hydrogens (tertiary/aromatic N) is 2. The molecule has 0 N–H and O–H groups in total. The maximum Gasteiger partial charge on any atom is 0.257 e. The molecule has 1 unspecified atom stereocenters. The Morgan fingerprint density at radius 1 is 1.40 bits per heavy atom. The maximum atomic E-state index is 13.8. The lowest BCUT2D eigenvalue weighted by Gasteiger charge is -2.26. The van der Waals surface area contributed by atoms with Crippen LogP contribution in [0.25, 0.3) is 0 Å². The molecule has 1 heterocycles. The van der Waals surface area contributed by atoms with Crippen LogP contribution < -0.4 is 0 Å². The Bertz CT molecular complexity index is 548. The second kappa shape index (κ2) is 5.91. The van der Waals surface area contributed by atoms with Gasteiger partial charge in [0.05, 0.1) is 5.56 Å². The van der Waals surface area contributed by atoms with Crippen LogP contribution in [-0.2, 0) is 4.79 Å². The summed E-state index contributed by atoms with van der Waals surface area (Å²) in [6, 6.07) is 3.75. The third kappa shape index (κ3) is 2.85. The van der Waals surface area contributed by atoms with Crippen molar-refractivity contribution in [3.05, 3.63) is 34.1 Å². The van der Waals surface area contributed by atoms with Gasteiger partial charge in [0.25, 0.3) is 5.91 Å². The Labute approximate surface area is 125 Å². The maximum absolute atomic E-state index is 13.8. The van der Waals surface area contributed by atoms with E-state index in [9.17, 15) is 14.0 Å². The van der Waals surface area contributed by atoms with E-state index < -0.39 is 17.8 Å². The molecule has 2 amide bonds. The number of hydrogen-bond acceptors (Lipinski definition) is 2. The predicted molar refractivity (Wildman–Crippen MR) is 76.9 cm³/mol. The van der Waals surface area contributed by atoms with Crippen molar-refractivity contribution in [1.29, 1.82) is 0 Å². The van der Waals surface area contributed by atoms with Crippen LogP contribution in [0.4, 0.5) is 4.39 Å². The van der Waals surface area contributed by atoms with Gasteiger partial charge in [-0.15, -0.1) is 0 Å². The summed E-state index contributed by atoms with van der Waals surface area (Å²) in [5.41, 5.74) is -0.00201. The van der Waals surface area contributed by atoms with Gasteiger partial charge in [-0.1, -0.05) is 15.9 Å². The Morgan fingerprint density at radius 2 is 2.10 bits per heavy atom. The number of carbonyl (C=O) groups is 2. The van der Waals surface area contributed by atoms with Crippen LogP contribution in [0, 0.1) is 5.82 Å². The molecule has 108 valence electrons. The normalized spacial score (nSPS) is 18.2. The van der Waals surface area contributed by atoms with Crippen molar-refractivity contribution < 1.29 is 14.0 Å². The Morgan fingerprint density at radius 3 is 2.75 bits per heavy atom. The fraction of sp³-hybridized carbons (Fsp3) is 0.429. The smallest absolute Gasteiger partial charge is 0.257 e. The highest BCUT2D eigenvalue weighted by Crippen LogP contribution is 2.24. The molecule has 1 aromatic rings. The first-order chi connectivity index (χ1) is 9.41. The zero-order chi connectivity index (χ0) is 14.9. The van der Waals surface area contributed by atoms with Crippen molar-refractivity contribution in [1.82, 2.24) is 9.80 Å². The fourth-order valence-electron chi connectivity index (χ4n) is 2.38. The molecule has 0 bridgehead atoms. The van der Waals surface area contributed by atoms with Gasteiger partial charge in [0, 0.05) is 25.1 Å². The predicted octanol–water partition coefficient (Wildman–Crippen LogP) is 2.28. The first-order valence-electron chi connectivity index (χ1n) is 6.39. The summed E-state index contributed by atoms with van der Waals surface area (Å²) >= 11 is 3.23. The second-order valence-corrected chi connectivity index (χ2v) is 5.93. The zero-order valence-corrected chi connectivity index (χ0v) is 13.0. The second-order valence-electron chi connectivity index (χ2n) is 5.01. The summed E-state index contributed by atoms with van der Waals surface area (Å²) in [7, 11) is 3.31. The van der Waals surface area contributed by atoms with Gasteiger partial charge >= 0.3 is 0 Å². The highest BCUT2D eigenvalue weighted by Gasteiger charge is 2.36. The average Bonchev–Trinajstić information content (AvgIpc) is 2.88. The number of benzene rings is 1. The van der Waals surface area contributed by atoms with E-state index in [0.717, 1.165) is 6.42 Å². The number of carbonyl (C=O) groups excluding carboxylic acids is 2. The lowest BCUT2D eigenvalue weighted by Crippen LogP contribution is -2.45. The Kier molecular flexibility index (Phi) is 4.42. The van der Waals surface area contributed by atoms with Crippen LogP contribution in [0.3, 0.4) is 0 Å². The molecule has 0 saturated carbocycles. The van der Waals surface area contributed by atoms with Gasteiger partial charge in [0.1, 0.15) is 11.9 Å². The molecule has 1 atom stereocenters. The van der Waals surface area contributed by atoms with Gasteiger partial charge in [0.15, 0.2) is 0 Å². The van der Waals surface area contributed by atoms with Gasteiger partial charge in [-0.2, -0.15) is 0 Å². The molecule has 6 heteroatoms. The van der Waals surface area contributed by atoms with E-state index in [1.54, 1.807) is 20.2 Å². The van der Waals surface area contributed by atoms with Gasteiger partial charge in [0.2, 0.25) is 5.91 Å². The minimum atomic E-state index is -0.568. The van der Waals surface area contributed by atoms with Gasteiger partial charge in [-0.3, -0.25) is 9.59 Å². The topological polar surface area (TPSA) is 40.6 Å². The van der Waals surface area contributed by atoms with Crippen molar-refractivity contribution in [2.75, 3.05) is 20.6 Å². The van der Waals surface area contributed by atoms with Crippen LogP contribution in [0.15, 0.2) is 22.7 Å². The molecule has 0 aliphatic carbocycles. The van der Waals surface area contributed by atoms with E-state index in [-0.39, 0.29) is 11.5 Å². The van der Waals surface area contributed by atoms with Crippen LogP contribution >= 0.6 is 15.9 Å². The molecule has 20 heavy (non-hydrogen) atoms. The third-order valence-electron chi connectivity index (χ3n) is 3.40. The third-order valence-corrected chi connectivity index (χ3v) is 3.89. The van der Waals surface area contributed by atoms with Gasteiger partial charge in [-0.05, 0) is 31.0 Å². The minimum absolute atomic E-state index is 0.00201. The average molecular weight is 343 g/mol. The summed E-state index contributed by atoms with van der Waals surface area (Å²) in [4.78, 5) is 27.5. The molecule has 1 aromatic carbocycles. The fourth-order valence-corrected chi connectivity index (χ4v) is 2.74. The lowest BCUT2D eigenvalue weighted by atomic mass is 10.1. The summed E-state index contributed by atoms with van der Waals surface area (Å²) in [6.45, 7) is 0.481. The Balaban J connectivity index is 2.28. The zero-order valence-electron chi connectivity index (χ0n) is 11.4. The number of amides is 2. The van der Waals surface area contributed by atoms with Crippen molar-refractivity contribution in [2.45, 2.75) is 18.9 Å². The van der Waals surface area contributed by atoms with Crippen molar-refractivity contribution >= 4 is 27.7 Å². The van der Waals surface area contributed by atoms with Crippen LogP contribution in [0.1, 0.15) is 23.2 Å². The number of likely N-dealkylation sites (tertiary alicyclic amines) is 1. The molecule has 0 aromatic heterocycles. The van der Waals surface area contributed by atoms with Crippen LogP contribution in [-0.4, -0.2) is 48.3 Å². The summed E-state index contributed by atoms with van der Waals surface area (Å²) in [5, 5.41) is 0. The van der Waals surface area contributed by atoms with Gasteiger partial charge < -0.3 is 9.80 Å². The number of rotatable bonds is 2. The molecule has 0 radical (unpaired) electrons. The molecule has 1 aliphatic rings. The molecule has 0 spiro atoms. The van der Waals surface area contributed by atoms with E-state index >= 15 is 0 Å². The molecular formula is C14H16BrFN2O2. The van der Waals surface area contributed by atoms with Gasteiger partial charge in [-0.25, -0.2) is 4.39 Å². The van der Waals surface area contributed by atoms with Crippen LogP contribution in [0.5, 0.6) is 0 Å². The van der Waals surface area contributed by atoms with Crippen molar-refractivity contribution in [3.63, 3.8) is 0 Å². The first-order valence-corrected chi connectivity index (χ1v) is 7.18. The minimum Gasteiger partial charge on any atom is -0.347 e. The van der Waals surface area contributed by atoms with Crippen molar-refractivity contribution in [2.24, 2.45) is 0 Å². The first kappa shape index (κ1) is 15.0. The van der Waals surface area contributed by atoms with E-state index in [1.807, 2.05) is 0 Å². The monoisotopic (exact) mass is 342 g/mol. The molecule has 1 aliphatic heterocycles. The number of hydrogen-bond donors (Lipinski definition) is 0. The quantitative estimate of drug-likeness (QED) is 0.827.